The van der Waals surface area contributed by atoms with Gasteiger partial charge in [-0.1, -0.05) is 44.9 Å². The average Bonchev–Trinajstić information content (AvgIpc) is 2.74. The highest BCUT2D eigenvalue weighted by Crippen LogP contribution is 2.15. The van der Waals surface area contributed by atoms with Crippen LogP contribution in [0.2, 0.25) is 0 Å². The molecule has 1 aromatic heterocycles. The first-order valence-corrected chi connectivity index (χ1v) is 6.59. The number of hydrogen-bond acceptors (Lipinski definition) is 1. The number of aromatic nitrogens is 1. The SMILES string of the molecule is CCCC(CCC)Nn1[c]cc2ccccc21. The highest BCUT2D eigenvalue weighted by molar-refractivity contribution is 5.79. The molecule has 0 aliphatic rings. The van der Waals surface area contributed by atoms with Crippen molar-refractivity contribution in [1.82, 2.24) is 4.68 Å². The molecule has 0 saturated heterocycles. The van der Waals surface area contributed by atoms with Gasteiger partial charge in [-0.25, -0.2) is 0 Å². The van der Waals surface area contributed by atoms with E-state index in [0.29, 0.717) is 6.04 Å². The fourth-order valence-electron chi connectivity index (χ4n) is 2.28. The normalized spacial score (nSPS) is 11.2. The van der Waals surface area contributed by atoms with Crippen LogP contribution < -0.4 is 5.43 Å². The Labute approximate surface area is 104 Å². The first-order chi connectivity index (χ1) is 8.35. The van der Waals surface area contributed by atoms with E-state index in [2.05, 4.69) is 49.7 Å². The van der Waals surface area contributed by atoms with E-state index < -0.39 is 0 Å². The molecule has 0 atom stereocenters. The number of rotatable bonds is 6. The van der Waals surface area contributed by atoms with Crippen LogP contribution in [0.15, 0.2) is 30.3 Å². The lowest BCUT2D eigenvalue weighted by atomic mass is 10.1. The largest absolute Gasteiger partial charge is 0.322 e. The summed E-state index contributed by atoms with van der Waals surface area (Å²) in [5.41, 5.74) is 4.78. The van der Waals surface area contributed by atoms with E-state index in [1.807, 2.05) is 10.7 Å². The molecule has 2 nitrogen and oxygen atoms in total. The van der Waals surface area contributed by atoms with Gasteiger partial charge in [-0.05, 0) is 25.0 Å². The lowest BCUT2D eigenvalue weighted by molar-refractivity contribution is 0.543. The summed E-state index contributed by atoms with van der Waals surface area (Å²) in [6, 6.07) is 11.0. The highest BCUT2D eigenvalue weighted by Gasteiger charge is 2.07. The molecule has 1 radical (unpaired) electrons. The van der Waals surface area contributed by atoms with Gasteiger partial charge in [-0.3, -0.25) is 4.68 Å². The van der Waals surface area contributed by atoms with Crippen molar-refractivity contribution in [3.8, 4) is 0 Å². The minimum atomic E-state index is 0.553. The third-order valence-electron chi connectivity index (χ3n) is 3.11. The molecular weight excluding hydrogens is 208 g/mol. The molecule has 2 rings (SSSR count). The average molecular weight is 229 g/mol. The molecule has 17 heavy (non-hydrogen) atoms. The van der Waals surface area contributed by atoms with Gasteiger partial charge >= 0.3 is 0 Å². The monoisotopic (exact) mass is 229 g/mol. The molecule has 2 aromatic rings. The lowest BCUT2D eigenvalue weighted by Gasteiger charge is -2.20. The first kappa shape index (κ1) is 12.0. The van der Waals surface area contributed by atoms with Crippen molar-refractivity contribution < 1.29 is 0 Å². The van der Waals surface area contributed by atoms with Gasteiger partial charge < -0.3 is 5.43 Å². The summed E-state index contributed by atoms with van der Waals surface area (Å²) in [5.74, 6) is 0. The van der Waals surface area contributed by atoms with Crippen LogP contribution >= 0.6 is 0 Å². The second-order valence-electron chi connectivity index (χ2n) is 4.57. The zero-order valence-electron chi connectivity index (χ0n) is 10.7. The molecule has 0 amide bonds. The van der Waals surface area contributed by atoms with Crippen LogP contribution in [0.3, 0.4) is 0 Å². The Kier molecular flexibility index (Phi) is 4.08. The Bertz CT molecular complexity index is 453. The van der Waals surface area contributed by atoms with Crippen molar-refractivity contribution in [2.24, 2.45) is 0 Å². The van der Waals surface area contributed by atoms with E-state index >= 15 is 0 Å². The van der Waals surface area contributed by atoms with E-state index in [1.165, 1.54) is 36.6 Å². The lowest BCUT2D eigenvalue weighted by Crippen LogP contribution is -2.27. The van der Waals surface area contributed by atoms with E-state index in [4.69, 9.17) is 0 Å². The molecule has 1 N–H and O–H groups in total. The van der Waals surface area contributed by atoms with Gasteiger partial charge in [0.15, 0.2) is 0 Å². The van der Waals surface area contributed by atoms with Gasteiger partial charge in [0.25, 0.3) is 0 Å². The van der Waals surface area contributed by atoms with Gasteiger partial charge in [-0.2, -0.15) is 0 Å². The van der Waals surface area contributed by atoms with E-state index in [-0.39, 0.29) is 0 Å². The van der Waals surface area contributed by atoms with Gasteiger partial charge in [0, 0.05) is 11.4 Å². The topological polar surface area (TPSA) is 17.0 Å². The molecule has 0 unspecified atom stereocenters. The molecule has 1 aromatic carbocycles. The smallest absolute Gasteiger partial charge is 0.0890 e. The minimum absolute atomic E-state index is 0.553. The van der Waals surface area contributed by atoms with Crippen molar-refractivity contribution in [2.75, 3.05) is 5.43 Å². The minimum Gasteiger partial charge on any atom is -0.322 e. The number of fused-ring (bicyclic) bond motifs is 1. The molecule has 0 aliphatic heterocycles. The summed E-state index contributed by atoms with van der Waals surface area (Å²) in [5, 5.41) is 1.24. The molecule has 2 heteroatoms. The number of nitrogens with one attached hydrogen (secondary N) is 1. The fraction of sp³-hybridized carbons (Fsp3) is 0.467. The maximum Gasteiger partial charge on any atom is 0.0890 e. The fourth-order valence-corrected chi connectivity index (χ4v) is 2.28. The van der Waals surface area contributed by atoms with Crippen LogP contribution in [0.1, 0.15) is 39.5 Å². The molecule has 0 spiro atoms. The summed E-state index contributed by atoms with van der Waals surface area (Å²) in [4.78, 5) is 0. The molecular formula is C15H21N2. The van der Waals surface area contributed by atoms with E-state index in [9.17, 15) is 0 Å². The zero-order valence-corrected chi connectivity index (χ0v) is 10.7. The van der Waals surface area contributed by atoms with E-state index in [0.717, 1.165) is 0 Å². The van der Waals surface area contributed by atoms with Crippen LogP contribution in [0, 0.1) is 6.20 Å². The quantitative estimate of drug-likeness (QED) is 0.793. The van der Waals surface area contributed by atoms with E-state index in [1.54, 1.807) is 0 Å². The summed E-state index contributed by atoms with van der Waals surface area (Å²) in [7, 11) is 0. The molecule has 0 aliphatic carbocycles. The summed E-state index contributed by atoms with van der Waals surface area (Å²) >= 11 is 0. The van der Waals surface area contributed by atoms with Crippen molar-refractivity contribution in [3.05, 3.63) is 36.5 Å². The Morgan fingerprint density at radius 2 is 1.88 bits per heavy atom. The predicted octanol–water partition coefficient (Wildman–Crippen LogP) is 3.95. The van der Waals surface area contributed by atoms with Gasteiger partial charge in [0.05, 0.1) is 11.7 Å². The van der Waals surface area contributed by atoms with Crippen LogP contribution in [0.4, 0.5) is 0 Å². The van der Waals surface area contributed by atoms with Gasteiger partial charge in [-0.15, -0.1) is 0 Å². The van der Waals surface area contributed by atoms with Crippen molar-refractivity contribution >= 4 is 10.9 Å². The highest BCUT2D eigenvalue weighted by atomic mass is 15.4. The maximum absolute atomic E-state index is 3.56. The standard InChI is InChI=1S/C15H21N2/c1-3-7-14(8-4-2)16-17-12-11-13-9-5-6-10-15(13)17/h5-6,9-11,14,16H,3-4,7-8H2,1-2H3. The number of para-hydroxylation sites is 1. The number of nitrogens with zero attached hydrogens (tertiary/aromatic N) is 1. The molecule has 91 valence electrons. The Morgan fingerprint density at radius 1 is 1.18 bits per heavy atom. The number of benzene rings is 1. The Balaban J connectivity index is 2.15. The first-order valence-electron chi connectivity index (χ1n) is 6.59. The van der Waals surface area contributed by atoms with Gasteiger partial charge in [0.1, 0.15) is 0 Å². The summed E-state index contributed by atoms with van der Waals surface area (Å²) < 4.78 is 2.05. The molecule has 0 saturated carbocycles. The van der Waals surface area contributed by atoms with Crippen molar-refractivity contribution in [2.45, 2.75) is 45.6 Å². The Morgan fingerprint density at radius 3 is 2.59 bits per heavy atom. The molecule has 1 heterocycles. The summed E-state index contributed by atoms with van der Waals surface area (Å²) in [6.45, 7) is 4.48. The van der Waals surface area contributed by atoms with Crippen molar-refractivity contribution in [3.63, 3.8) is 0 Å². The number of hydrogen-bond donors (Lipinski definition) is 1. The van der Waals surface area contributed by atoms with Crippen LogP contribution in [-0.4, -0.2) is 10.7 Å². The van der Waals surface area contributed by atoms with Gasteiger partial charge in [0.2, 0.25) is 0 Å². The van der Waals surface area contributed by atoms with Crippen molar-refractivity contribution in [1.29, 1.82) is 0 Å². The molecule has 0 bridgehead atoms. The second kappa shape index (κ2) is 5.76. The zero-order chi connectivity index (χ0) is 12.1. The summed E-state index contributed by atoms with van der Waals surface area (Å²) in [6.07, 6.45) is 8.14. The third kappa shape index (κ3) is 2.82. The predicted molar refractivity (Wildman–Crippen MR) is 73.7 cm³/mol. The Hall–Kier alpha value is -1.44. The second-order valence-corrected chi connectivity index (χ2v) is 4.57. The maximum atomic E-state index is 3.56. The third-order valence-corrected chi connectivity index (χ3v) is 3.11. The van der Waals surface area contributed by atoms with Crippen LogP contribution in [0.25, 0.3) is 10.9 Å². The molecule has 0 fully saturated rings. The van der Waals surface area contributed by atoms with Crippen LogP contribution in [-0.2, 0) is 0 Å². The van der Waals surface area contributed by atoms with Crippen LogP contribution in [0.5, 0.6) is 0 Å².